The minimum absolute atomic E-state index is 0.0966. The lowest BCUT2D eigenvalue weighted by Gasteiger charge is -2.03. The van der Waals surface area contributed by atoms with Crippen molar-refractivity contribution in [1.82, 2.24) is 4.57 Å². The molecule has 20 heavy (non-hydrogen) atoms. The van der Waals surface area contributed by atoms with Gasteiger partial charge in [0.05, 0.1) is 5.56 Å². The number of aryl methyl sites for hydroxylation is 2. The van der Waals surface area contributed by atoms with E-state index in [4.69, 9.17) is 0 Å². The van der Waals surface area contributed by atoms with E-state index in [0.29, 0.717) is 0 Å². The molecule has 100 valence electrons. The zero-order valence-corrected chi connectivity index (χ0v) is 12.0. The number of nitrogens with zero attached hydrogens (tertiary/aromatic N) is 1. The highest BCUT2D eigenvalue weighted by atomic mass is 16.1. The summed E-state index contributed by atoms with van der Waals surface area (Å²) in [6, 6.07) is 15.8. The summed E-state index contributed by atoms with van der Waals surface area (Å²) in [6.45, 7) is 4.03. The van der Waals surface area contributed by atoms with Crippen LogP contribution in [0.5, 0.6) is 0 Å². The van der Waals surface area contributed by atoms with E-state index in [1.54, 1.807) is 0 Å². The fraction of sp³-hybridized carbons (Fsp3) is 0.167. The molecule has 3 rings (SSSR count). The first kappa shape index (κ1) is 12.7. The minimum atomic E-state index is 0.0966. The van der Waals surface area contributed by atoms with E-state index in [1.807, 2.05) is 69.4 Å². The number of rotatable bonds is 2. The van der Waals surface area contributed by atoms with Crippen molar-refractivity contribution < 1.29 is 4.79 Å². The van der Waals surface area contributed by atoms with Crippen LogP contribution in [-0.4, -0.2) is 10.4 Å². The molecule has 0 unspecified atom stereocenters. The molecule has 0 N–H and O–H groups in total. The molecule has 1 aromatic heterocycles. The van der Waals surface area contributed by atoms with Crippen LogP contribution >= 0.6 is 0 Å². The summed E-state index contributed by atoms with van der Waals surface area (Å²) in [5, 5.41) is 1.03. The third-order valence-corrected chi connectivity index (χ3v) is 3.94. The second kappa shape index (κ2) is 4.64. The van der Waals surface area contributed by atoms with E-state index in [9.17, 15) is 4.79 Å². The van der Waals surface area contributed by atoms with Gasteiger partial charge in [-0.1, -0.05) is 48.0 Å². The normalized spacial score (nSPS) is 10.9. The Bertz CT molecular complexity index is 794. The second-order valence-electron chi connectivity index (χ2n) is 5.23. The van der Waals surface area contributed by atoms with Crippen LogP contribution < -0.4 is 0 Å². The molecule has 0 bridgehead atoms. The van der Waals surface area contributed by atoms with Crippen LogP contribution in [0.15, 0.2) is 48.5 Å². The second-order valence-corrected chi connectivity index (χ2v) is 5.23. The van der Waals surface area contributed by atoms with Crippen LogP contribution in [0.1, 0.15) is 27.2 Å². The summed E-state index contributed by atoms with van der Waals surface area (Å²) in [5.74, 6) is 0.0966. The highest BCUT2D eigenvalue weighted by Crippen LogP contribution is 2.27. The average Bonchev–Trinajstić information content (AvgIpc) is 2.72. The van der Waals surface area contributed by atoms with Crippen molar-refractivity contribution in [2.75, 3.05) is 0 Å². The van der Waals surface area contributed by atoms with Crippen molar-refractivity contribution >= 4 is 16.7 Å². The fourth-order valence-electron chi connectivity index (χ4n) is 2.66. The highest BCUT2D eigenvalue weighted by molar-refractivity contribution is 6.17. The van der Waals surface area contributed by atoms with Crippen molar-refractivity contribution in [3.8, 4) is 0 Å². The molecule has 0 atom stereocenters. The number of aromatic nitrogens is 1. The van der Waals surface area contributed by atoms with E-state index >= 15 is 0 Å². The molecule has 0 saturated carbocycles. The first-order chi connectivity index (χ1) is 9.59. The highest BCUT2D eigenvalue weighted by Gasteiger charge is 2.19. The Morgan fingerprint density at radius 1 is 0.950 bits per heavy atom. The quantitative estimate of drug-likeness (QED) is 0.640. The molecule has 3 aromatic rings. The maximum absolute atomic E-state index is 12.8. The first-order valence-corrected chi connectivity index (χ1v) is 6.75. The van der Waals surface area contributed by atoms with Crippen molar-refractivity contribution in [2.45, 2.75) is 13.8 Å². The van der Waals surface area contributed by atoms with Gasteiger partial charge >= 0.3 is 0 Å². The number of benzene rings is 2. The lowest BCUT2D eigenvalue weighted by Crippen LogP contribution is -2.03. The monoisotopic (exact) mass is 263 g/mol. The predicted molar refractivity (Wildman–Crippen MR) is 82.3 cm³/mol. The molecular formula is C18H17NO. The molecule has 0 aliphatic carbocycles. The Labute approximate surface area is 118 Å². The van der Waals surface area contributed by atoms with Gasteiger partial charge in [0.1, 0.15) is 0 Å². The lowest BCUT2D eigenvalue weighted by atomic mass is 10.00. The van der Waals surface area contributed by atoms with E-state index in [1.165, 1.54) is 0 Å². The average molecular weight is 263 g/mol. The molecule has 2 aromatic carbocycles. The topological polar surface area (TPSA) is 22.0 Å². The third kappa shape index (κ3) is 1.85. The summed E-state index contributed by atoms with van der Waals surface area (Å²) in [7, 11) is 2.00. The van der Waals surface area contributed by atoms with E-state index in [0.717, 1.165) is 33.3 Å². The van der Waals surface area contributed by atoms with Gasteiger partial charge in [0.15, 0.2) is 5.78 Å². The van der Waals surface area contributed by atoms with Crippen LogP contribution in [0.2, 0.25) is 0 Å². The zero-order valence-electron chi connectivity index (χ0n) is 12.0. The largest absolute Gasteiger partial charge is 0.347 e. The molecule has 1 heterocycles. The Kier molecular flexibility index (Phi) is 2.94. The van der Waals surface area contributed by atoms with Gasteiger partial charge in [-0.15, -0.1) is 0 Å². The third-order valence-electron chi connectivity index (χ3n) is 3.94. The van der Waals surface area contributed by atoms with Crippen LogP contribution in [0.25, 0.3) is 10.9 Å². The maximum Gasteiger partial charge on any atom is 0.195 e. The SMILES string of the molecule is Cc1ccc(C(=O)c2c(C)n(C)c3ccccc23)cc1. The predicted octanol–water partition coefficient (Wildman–Crippen LogP) is 4.03. The fourth-order valence-corrected chi connectivity index (χ4v) is 2.66. The number of hydrogen-bond donors (Lipinski definition) is 0. The first-order valence-electron chi connectivity index (χ1n) is 6.75. The number of carbonyl (C=O) groups excluding carboxylic acids is 1. The Morgan fingerprint density at radius 2 is 1.60 bits per heavy atom. The molecule has 0 fully saturated rings. The standard InChI is InChI=1S/C18H17NO/c1-12-8-10-14(11-9-12)18(20)17-13(2)19(3)16-7-5-4-6-15(16)17/h4-11H,1-3H3. The molecule has 2 heteroatoms. The molecule has 0 saturated heterocycles. The molecule has 2 nitrogen and oxygen atoms in total. The maximum atomic E-state index is 12.8. The van der Waals surface area contributed by atoms with E-state index in [2.05, 4.69) is 4.57 Å². The van der Waals surface area contributed by atoms with Gasteiger partial charge in [0, 0.05) is 29.2 Å². The van der Waals surface area contributed by atoms with Crippen molar-refractivity contribution in [3.05, 3.63) is 70.9 Å². The molecule has 0 aliphatic heterocycles. The smallest absolute Gasteiger partial charge is 0.195 e. The van der Waals surface area contributed by atoms with Gasteiger partial charge in [0.2, 0.25) is 0 Å². The van der Waals surface area contributed by atoms with Gasteiger partial charge in [-0.3, -0.25) is 4.79 Å². The van der Waals surface area contributed by atoms with Crippen molar-refractivity contribution in [3.63, 3.8) is 0 Å². The summed E-state index contributed by atoms with van der Waals surface area (Å²) in [5.41, 5.74) is 4.83. The van der Waals surface area contributed by atoms with E-state index in [-0.39, 0.29) is 5.78 Å². The minimum Gasteiger partial charge on any atom is -0.347 e. The number of hydrogen-bond acceptors (Lipinski definition) is 1. The Hall–Kier alpha value is -2.35. The van der Waals surface area contributed by atoms with Crippen molar-refractivity contribution in [2.24, 2.45) is 7.05 Å². The number of fused-ring (bicyclic) bond motifs is 1. The summed E-state index contributed by atoms with van der Waals surface area (Å²) < 4.78 is 2.08. The molecule has 0 aliphatic rings. The van der Waals surface area contributed by atoms with Gasteiger partial charge in [-0.25, -0.2) is 0 Å². The Balaban J connectivity index is 2.22. The number of carbonyl (C=O) groups is 1. The van der Waals surface area contributed by atoms with Gasteiger partial charge in [0.25, 0.3) is 0 Å². The lowest BCUT2D eigenvalue weighted by molar-refractivity contribution is 0.103. The van der Waals surface area contributed by atoms with Gasteiger partial charge in [-0.2, -0.15) is 0 Å². The van der Waals surface area contributed by atoms with Crippen LogP contribution in [0.4, 0.5) is 0 Å². The molecular weight excluding hydrogens is 246 g/mol. The van der Waals surface area contributed by atoms with Gasteiger partial charge < -0.3 is 4.57 Å². The van der Waals surface area contributed by atoms with Crippen molar-refractivity contribution in [1.29, 1.82) is 0 Å². The molecule has 0 amide bonds. The number of para-hydroxylation sites is 1. The van der Waals surface area contributed by atoms with Crippen LogP contribution in [-0.2, 0) is 7.05 Å². The Morgan fingerprint density at radius 3 is 2.30 bits per heavy atom. The number of ketones is 1. The molecule has 0 radical (unpaired) electrons. The van der Waals surface area contributed by atoms with E-state index < -0.39 is 0 Å². The summed E-state index contributed by atoms with van der Waals surface area (Å²) in [6.07, 6.45) is 0. The summed E-state index contributed by atoms with van der Waals surface area (Å²) in [4.78, 5) is 12.8. The van der Waals surface area contributed by atoms with Crippen LogP contribution in [0, 0.1) is 13.8 Å². The summed E-state index contributed by atoms with van der Waals surface area (Å²) >= 11 is 0. The van der Waals surface area contributed by atoms with Gasteiger partial charge in [-0.05, 0) is 19.9 Å². The molecule has 0 spiro atoms. The van der Waals surface area contributed by atoms with Crippen LogP contribution in [0.3, 0.4) is 0 Å². The zero-order chi connectivity index (χ0) is 14.3.